The minimum atomic E-state index is 0. The Kier molecular flexibility index (Phi) is 13.6. The Morgan fingerprint density at radius 3 is 1.67 bits per heavy atom. The van der Waals surface area contributed by atoms with E-state index in [0.717, 1.165) is 5.92 Å². The molecule has 1 unspecified atom stereocenters. The van der Waals surface area contributed by atoms with Gasteiger partial charge in [-0.3, -0.25) is 0 Å². The third kappa shape index (κ3) is 9.15. The molecule has 0 aliphatic heterocycles. The van der Waals surface area contributed by atoms with Crippen molar-refractivity contribution in [3.63, 3.8) is 0 Å². The Balaban J connectivity index is 0.000000175. The van der Waals surface area contributed by atoms with E-state index in [0.29, 0.717) is 5.92 Å². The highest BCUT2D eigenvalue weighted by molar-refractivity contribution is 6.21. The lowest BCUT2D eigenvalue weighted by atomic mass is 9.84. The van der Waals surface area contributed by atoms with E-state index in [1.54, 1.807) is 0 Å². The summed E-state index contributed by atoms with van der Waals surface area (Å²) in [5.74, 6) is 1.43. The zero-order chi connectivity index (χ0) is 36.7. The summed E-state index contributed by atoms with van der Waals surface area (Å²) in [5, 5.41) is 7.88. The van der Waals surface area contributed by atoms with Gasteiger partial charge in [-0.2, -0.15) is 0 Å². The first-order chi connectivity index (χ1) is 25.9. The number of benzene rings is 8. The molecule has 0 saturated heterocycles. The van der Waals surface area contributed by atoms with Crippen LogP contribution in [0.4, 0.5) is 0 Å². The smallest absolute Gasteiger partial charge is 0.00263 e. The molecule has 0 amide bonds. The maximum absolute atomic E-state index is 2.33. The number of rotatable bonds is 4. The predicted molar refractivity (Wildman–Crippen MR) is 246 cm³/mol. The third-order valence-electron chi connectivity index (χ3n) is 10.4. The van der Waals surface area contributed by atoms with E-state index in [4.69, 9.17) is 0 Å². The van der Waals surface area contributed by atoms with Gasteiger partial charge in [-0.15, -0.1) is 0 Å². The highest BCUT2D eigenvalue weighted by atomic mass is 14.2. The topological polar surface area (TPSA) is 0 Å². The lowest BCUT2D eigenvalue weighted by Gasteiger charge is -2.21. The number of allylic oxidation sites excluding steroid dienone is 1. The van der Waals surface area contributed by atoms with Crippen molar-refractivity contribution in [3.8, 4) is 22.3 Å². The Morgan fingerprint density at radius 2 is 1.04 bits per heavy atom. The van der Waals surface area contributed by atoms with Crippen LogP contribution in [0, 0.1) is 19.8 Å². The van der Waals surface area contributed by atoms with Gasteiger partial charge in [0.1, 0.15) is 0 Å². The normalized spacial score (nSPS) is 12.8. The van der Waals surface area contributed by atoms with Crippen molar-refractivity contribution in [2.24, 2.45) is 5.92 Å². The second kappa shape index (κ2) is 18.5. The Bertz CT molecular complexity index is 2500. The number of aryl methyl sites for hydroxylation is 2. The second-order valence-corrected chi connectivity index (χ2v) is 15.0. The van der Waals surface area contributed by atoms with Gasteiger partial charge >= 0.3 is 0 Å². The van der Waals surface area contributed by atoms with Crippen LogP contribution in [0.1, 0.15) is 75.8 Å². The van der Waals surface area contributed by atoms with Gasteiger partial charge in [0.05, 0.1) is 0 Å². The van der Waals surface area contributed by atoms with E-state index in [1.807, 2.05) is 0 Å². The van der Waals surface area contributed by atoms with Gasteiger partial charge in [0.2, 0.25) is 0 Å². The fourth-order valence-corrected chi connectivity index (χ4v) is 7.83. The Morgan fingerprint density at radius 1 is 0.509 bits per heavy atom. The molecule has 0 spiro atoms. The largest absolute Gasteiger partial charge is 0.0833 e. The first kappa shape index (κ1) is 40.5. The molecule has 0 saturated carbocycles. The molecule has 8 aromatic carbocycles. The summed E-state index contributed by atoms with van der Waals surface area (Å²) in [5.41, 5.74) is 12.3. The summed E-state index contributed by atoms with van der Waals surface area (Å²) in [7, 11) is 0. The molecule has 1 aliphatic carbocycles. The van der Waals surface area contributed by atoms with E-state index in [9.17, 15) is 0 Å². The Hall–Kier alpha value is -5.72. The SMILES string of the molecule is C.C.CC(C)Cc1cccc2c1C=CCC2C.Cc1ccc2c(-c3ccccc3)c3ccccc3c(-c3ccccc3)c2c1.Cc1ccc2ccccc2c1. The first-order valence-corrected chi connectivity index (χ1v) is 19.2. The van der Waals surface area contributed by atoms with Crippen LogP contribution in [0.5, 0.6) is 0 Å². The number of hydrogen-bond donors (Lipinski definition) is 0. The van der Waals surface area contributed by atoms with Crippen LogP contribution >= 0.6 is 0 Å². The summed E-state index contributed by atoms with van der Waals surface area (Å²) >= 11 is 0. The molecule has 0 radical (unpaired) electrons. The molecule has 278 valence electrons. The molecule has 0 bridgehead atoms. The first-order valence-electron chi connectivity index (χ1n) is 19.2. The zero-order valence-electron chi connectivity index (χ0n) is 31.8. The Labute approximate surface area is 331 Å². The summed E-state index contributed by atoms with van der Waals surface area (Å²) < 4.78 is 0. The molecule has 9 rings (SSSR count). The molecule has 0 aromatic heterocycles. The maximum Gasteiger partial charge on any atom is -0.00263 e. The quantitative estimate of drug-likeness (QED) is 0.159. The van der Waals surface area contributed by atoms with Crippen molar-refractivity contribution in [2.45, 2.75) is 68.2 Å². The van der Waals surface area contributed by atoms with Crippen LogP contribution < -0.4 is 0 Å². The predicted octanol–water partition coefficient (Wildman–Crippen LogP) is 16.5. The van der Waals surface area contributed by atoms with E-state index in [-0.39, 0.29) is 14.9 Å². The molecule has 8 aromatic rings. The van der Waals surface area contributed by atoms with Gasteiger partial charge in [-0.05, 0) is 110 Å². The zero-order valence-corrected chi connectivity index (χ0v) is 31.8. The van der Waals surface area contributed by atoms with E-state index in [2.05, 4.69) is 211 Å². The molecule has 1 aliphatic rings. The molecule has 0 fully saturated rings. The van der Waals surface area contributed by atoms with E-state index < -0.39 is 0 Å². The third-order valence-corrected chi connectivity index (χ3v) is 10.4. The van der Waals surface area contributed by atoms with Gasteiger partial charge < -0.3 is 0 Å². The van der Waals surface area contributed by atoms with Gasteiger partial charge in [0, 0.05) is 0 Å². The number of hydrogen-bond acceptors (Lipinski definition) is 0. The summed E-state index contributed by atoms with van der Waals surface area (Å²) in [4.78, 5) is 0. The van der Waals surface area contributed by atoms with Crippen molar-refractivity contribution in [1.29, 1.82) is 0 Å². The van der Waals surface area contributed by atoms with Crippen molar-refractivity contribution < 1.29 is 0 Å². The molecule has 0 heterocycles. The van der Waals surface area contributed by atoms with E-state index in [1.165, 1.54) is 95.2 Å². The monoisotopic (exact) mass is 718 g/mol. The summed E-state index contributed by atoms with van der Waals surface area (Å²) in [6, 6.07) is 58.8. The molecular weight excluding hydrogens is 661 g/mol. The van der Waals surface area contributed by atoms with Gasteiger partial charge in [0.15, 0.2) is 0 Å². The average Bonchev–Trinajstić information content (AvgIpc) is 3.18. The average molecular weight is 719 g/mol. The maximum atomic E-state index is 2.33. The fourth-order valence-electron chi connectivity index (χ4n) is 7.83. The van der Waals surface area contributed by atoms with Crippen LogP contribution in [-0.2, 0) is 6.42 Å². The van der Waals surface area contributed by atoms with Crippen LogP contribution in [0.15, 0.2) is 170 Å². The fraction of sp³-hybridized carbons (Fsp3) is 0.200. The highest BCUT2D eigenvalue weighted by Crippen LogP contribution is 2.43. The lowest BCUT2D eigenvalue weighted by molar-refractivity contribution is 0.644. The van der Waals surface area contributed by atoms with Crippen molar-refractivity contribution in [3.05, 3.63) is 198 Å². The van der Waals surface area contributed by atoms with Gasteiger partial charge in [0.25, 0.3) is 0 Å². The molecule has 0 heteroatoms. The second-order valence-electron chi connectivity index (χ2n) is 15.0. The van der Waals surface area contributed by atoms with Crippen molar-refractivity contribution in [2.75, 3.05) is 0 Å². The van der Waals surface area contributed by atoms with Crippen LogP contribution in [0.3, 0.4) is 0 Å². The minimum Gasteiger partial charge on any atom is -0.0833 e. The highest BCUT2D eigenvalue weighted by Gasteiger charge is 2.17. The number of fused-ring (bicyclic) bond motifs is 4. The van der Waals surface area contributed by atoms with Crippen LogP contribution in [0.2, 0.25) is 0 Å². The molecule has 1 atom stereocenters. The van der Waals surface area contributed by atoms with Crippen LogP contribution in [0.25, 0.3) is 60.6 Å². The van der Waals surface area contributed by atoms with E-state index >= 15 is 0 Å². The molecule has 0 nitrogen and oxygen atoms in total. The molecule has 0 N–H and O–H groups in total. The van der Waals surface area contributed by atoms with Crippen LogP contribution in [-0.4, -0.2) is 0 Å². The molecule has 55 heavy (non-hydrogen) atoms. The van der Waals surface area contributed by atoms with Crippen molar-refractivity contribution >= 4 is 38.4 Å². The standard InChI is InChI=1S/C27H20.C15H20.C11H10.2CH4/c1-19-16-17-24-25(18-19)27(21-12-6-3-7-13-21)23-15-9-8-14-22(23)26(24)20-10-4-2-5-11-20;1-11(2)10-13-7-5-8-14-12(3)6-4-9-15(13)14;1-9-6-7-10-4-2-3-5-11(10)8-9;;/h2-18H,1H3;4-5,7-9,11-12H,6,10H2,1-3H3;2-8H,1H3;2*1H4. The molecular formula is C55H58. The van der Waals surface area contributed by atoms with Crippen molar-refractivity contribution in [1.82, 2.24) is 0 Å². The summed E-state index contributed by atoms with van der Waals surface area (Å²) in [6.45, 7) is 11.2. The minimum absolute atomic E-state index is 0. The summed E-state index contributed by atoms with van der Waals surface area (Å²) in [6.07, 6.45) is 7.02. The van der Waals surface area contributed by atoms with Gasteiger partial charge in [-0.1, -0.05) is 223 Å². The van der Waals surface area contributed by atoms with Gasteiger partial charge in [-0.25, -0.2) is 0 Å². The lowest BCUT2D eigenvalue weighted by Crippen LogP contribution is -2.05.